The minimum absolute atomic E-state index is 0.0755. The summed E-state index contributed by atoms with van der Waals surface area (Å²) in [6.07, 6.45) is 0.996. The highest BCUT2D eigenvalue weighted by molar-refractivity contribution is 9.10. The average Bonchev–Trinajstić information content (AvgIpc) is 2.43. The van der Waals surface area contributed by atoms with Crippen LogP contribution in [0.15, 0.2) is 45.8 Å². The van der Waals surface area contributed by atoms with E-state index >= 15 is 0 Å². The SMILES string of the molecule is Cc1ccc(Br)cc1S(=O)(=O)Nc1ccc(NS(C)(=O)=O)c(Cl)c1. The summed E-state index contributed by atoms with van der Waals surface area (Å²) in [7, 11) is -7.29. The lowest BCUT2D eigenvalue weighted by atomic mass is 10.2. The zero-order valence-corrected chi connectivity index (χ0v) is 16.6. The molecule has 2 N–H and O–H groups in total. The molecule has 0 aromatic heterocycles. The van der Waals surface area contributed by atoms with Crippen molar-refractivity contribution in [3.63, 3.8) is 0 Å². The second-order valence-corrected chi connectivity index (χ2v) is 9.81. The maximum absolute atomic E-state index is 12.5. The van der Waals surface area contributed by atoms with E-state index < -0.39 is 20.0 Å². The molecule has 24 heavy (non-hydrogen) atoms. The normalized spacial score (nSPS) is 12.0. The molecule has 0 aliphatic rings. The van der Waals surface area contributed by atoms with E-state index in [1.54, 1.807) is 19.1 Å². The quantitative estimate of drug-likeness (QED) is 0.724. The lowest BCUT2D eigenvalue weighted by Crippen LogP contribution is -2.15. The molecule has 2 aromatic carbocycles. The van der Waals surface area contributed by atoms with Crippen LogP contribution in [-0.4, -0.2) is 23.1 Å². The van der Waals surface area contributed by atoms with Crippen LogP contribution in [0.1, 0.15) is 5.56 Å². The molecule has 0 aliphatic heterocycles. The van der Waals surface area contributed by atoms with Crippen LogP contribution >= 0.6 is 27.5 Å². The van der Waals surface area contributed by atoms with Crippen molar-refractivity contribution in [2.75, 3.05) is 15.7 Å². The van der Waals surface area contributed by atoms with Crippen molar-refractivity contribution in [3.8, 4) is 0 Å². The van der Waals surface area contributed by atoms with Crippen molar-refractivity contribution in [1.29, 1.82) is 0 Å². The molecular weight excluding hydrogens is 440 g/mol. The number of hydrogen-bond acceptors (Lipinski definition) is 4. The van der Waals surface area contributed by atoms with Crippen LogP contribution in [0, 0.1) is 6.92 Å². The van der Waals surface area contributed by atoms with Crippen LogP contribution < -0.4 is 9.44 Å². The molecule has 0 fully saturated rings. The molecule has 0 unspecified atom stereocenters. The molecule has 0 atom stereocenters. The highest BCUT2D eigenvalue weighted by Gasteiger charge is 2.18. The fourth-order valence-corrected chi connectivity index (χ4v) is 4.63. The largest absolute Gasteiger partial charge is 0.282 e. The van der Waals surface area contributed by atoms with E-state index in [1.807, 2.05) is 0 Å². The highest BCUT2D eigenvalue weighted by Crippen LogP contribution is 2.28. The van der Waals surface area contributed by atoms with Gasteiger partial charge in [0.15, 0.2) is 0 Å². The van der Waals surface area contributed by atoms with E-state index in [0.29, 0.717) is 10.0 Å². The standard InChI is InChI=1S/C14H14BrClN2O4S2/c1-9-3-4-10(15)7-14(9)24(21,22)17-11-5-6-13(12(16)8-11)18-23(2,19)20/h3-8,17-18H,1-2H3. The zero-order chi connectivity index (χ0) is 18.1. The lowest BCUT2D eigenvalue weighted by molar-refractivity contribution is 0.600. The van der Waals surface area contributed by atoms with E-state index in [4.69, 9.17) is 11.6 Å². The van der Waals surface area contributed by atoms with E-state index in [2.05, 4.69) is 25.4 Å². The molecule has 0 saturated carbocycles. The fourth-order valence-electron chi connectivity index (χ4n) is 1.93. The summed E-state index contributed by atoms with van der Waals surface area (Å²) in [5, 5.41) is 0.0755. The fraction of sp³-hybridized carbons (Fsp3) is 0.143. The Morgan fingerprint density at radius 1 is 1.00 bits per heavy atom. The third-order valence-electron chi connectivity index (χ3n) is 2.96. The predicted molar refractivity (Wildman–Crippen MR) is 99.6 cm³/mol. The molecule has 10 heteroatoms. The maximum atomic E-state index is 12.5. The molecule has 0 amide bonds. The van der Waals surface area contributed by atoms with Gasteiger partial charge >= 0.3 is 0 Å². The first-order chi connectivity index (χ1) is 11.0. The van der Waals surface area contributed by atoms with Crippen LogP contribution in [-0.2, 0) is 20.0 Å². The third kappa shape index (κ3) is 4.85. The Labute approximate surface area is 154 Å². The summed E-state index contributed by atoms with van der Waals surface area (Å²) in [5.41, 5.74) is 0.978. The van der Waals surface area contributed by atoms with Gasteiger partial charge in [0.1, 0.15) is 0 Å². The Kier molecular flexibility index (Phi) is 5.48. The van der Waals surface area contributed by atoms with Crippen molar-refractivity contribution < 1.29 is 16.8 Å². The van der Waals surface area contributed by atoms with Gasteiger partial charge in [0.25, 0.3) is 10.0 Å². The molecule has 0 aliphatic carbocycles. The summed E-state index contributed by atoms with van der Waals surface area (Å²) in [4.78, 5) is 0.131. The van der Waals surface area contributed by atoms with Crippen LogP contribution in [0.4, 0.5) is 11.4 Å². The molecule has 0 spiro atoms. The van der Waals surface area contributed by atoms with E-state index in [9.17, 15) is 16.8 Å². The summed E-state index contributed by atoms with van der Waals surface area (Å²) in [5.74, 6) is 0. The van der Waals surface area contributed by atoms with Gasteiger partial charge in [-0.25, -0.2) is 16.8 Å². The topological polar surface area (TPSA) is 92.3 Å². The van der Waals surface area contributed by atoms with Gasteiger partial charge in [0, 0.05) is 4.47 Å². The van der Waals surface area contributed by atoms with Crippen LogP contribution in [0.5, 0.6) is 0 Å². The first-order valence-corrected chi connectivity index (χ1v) is 11.1. The minimum Gasteiger partial charge on any atom is -0.282 e. The summed E-state index contributed by atoms with van der Waals surface area (Å²) in [6.45, 7) is 1.69. The van der Waals surface area contributed by atoms with Gasteiger partial charge in [-0.05, 0) is 42.8 Å². The number of rotatable bonds is 5. The molecule has 0 saturated heterocycles. The van der Waals surface area contributed by atoms with Crippen LogP contribution in [0.25, 0.3) is 0 Å². The number of nitrogens with one attached hydrogen (secondary N) is 2. The van der Waals surface area contributed by atoms with Crippen LogP contribution in [0.3, 0.4) is 0 Å². The maximum Gasteiger partial charge on any atom is 0.262 e. The molecule has 2 aromatic rings. The Morgan fingerprint density at radius 3 is 2.25 bits per heavy atom. The Balaban J connectivity index is 2.34. The summed E-state index contributed by atoms with van der Waals surface area (Å²) < 4.78 is 52.8. The van der Waals surface area contributed by atoms with Gasteiger partial charge in [0.2, 0.25) is 10.0 Å². The van der Waals surface area contributed by atoms with E-state index in [1.165, 1.54) is 24.3 Å². The number of aryl methyl sites for hydroxylation is 1. The molecule has 6 nitrogen and oxygen atoms in total. The van der Waals surface area contributed by atoms with Gasteiger partial charge in [0.05, 0.1) is 27.5 Å². The summed E-state index contributed by atoms with van der Waals surface area (Å²) in [6, 6.07) is 9.07. The molecule has 0 radical (unpaired) electrons. The van der Waals surface area contributed by atoms with Gasteiger partial charge in [-0.2, -0.15) is 0 Å². The van der Waals surface area contributed by atoms with Gasteiger partial charge < -0.3 is 0 Å². The third-order valence-corrected chi connectivity index (χ3v) is 5.88. The Morgan fingerprint density at radius 2 is 1.67 bits per heavy atom. The van der Waals surface area contributed by atoms with E-state index in [-0.39, 0.29) is 21.3 Å². The van der Waals surface area contributed by atoms with Crippen molar-refractivity contribution in [2.24, 2.45) is 0 Å². The number of hydrogen-bond donors (Lipinski definition) is 2. The molecular formula is C14H14BrClN2O4S2. The first-order valence-electron chi connectivity index (χ1n) is 6.54. The van der Waals surface area contributed by atoms with Crippen molar-refractivity contribution in [3.05, 3.63) is 51.5 Å². The zero-order valence-electron chi connectivity index (χ0n) is 12.7. The number of benzene rings is 2. The highest BCUT2D eigenvalue weighted by atomic mass is 79.9. The number of halogens is 2. The van der Waals surface area contributed by atoms with Gasteiger partial charge in [-0.15, -0.1) is 0 Å². The number of anilines is 2. The van der Waals surface area contributed by atoms with Gasteiger partial charge in [-0.3, -0.25) is 9.44 Å². The molecule has 2 rings (SSSR count). The van der Waals surface area contributed by atoms with E-state index in [0.717, 1.165) is 6.26 Å². The molecule has 0 bridgehead atoms. The van der Waals surface area contributed by atoms with Crippen LogP contribution in [0.2, 0.25) is 5.02 Å². The molecule has 0 heterocycles. The summed E-state index contributed by atoms with van der Waals surface area (Å²) >= 11 is 9.24. The molecule has 130 valence electrons. The minimum atomic E-state index is -3.81. The Bertz CT molecular complexity index is 992. The predicted octanol–water partition coefficient (Wildman–Crippen LogP) is 3.58. The lowest BCUT2D eigenvalue weighted by Gasteiger charge is -2.12. The van der Waals surface area contributed by atoms with Crippen molar-refractivity contribution in [2.45, 2.75) is 11.8 Å². The Hall–Kier alpha value is -1.29. The second kappa shape index (κ2) is 6.91. The van der Waals surface area contributed by atoms with Crippen molar-refractivity contribution >= 4 is 59.0 Å². The second-order valence-electron chi connectivity index (χ2n) is 5.08. The smallest absolute Gasteiger partial charge is 0.262 e. The monoisotopic (exact) mass is 452 g/mol. The average molecular weight is 454 g/mol. The van der Waals surface area contributed by atoms with Crippen molar-refractivity contribution in [1.82, 2.24) is 0 Å². The van der Waals surface area contributed by atoms with Gasteiger partial charge in [-0.1, -0.05) is 33.6 Å². The first kappa shape index (κ1) is 19.0. The number of sulfonamides is 2.